The number of rotatable bonds is 5. The fourth-order valence-electron chi connectivity index (χ4n) is 4.15. The summed E-state index contributed by atoms with van der Waals surface area (Å²) >= 11 is 0. The maximum Gasteiger partial charge on any atom is 0.336 e. The lowest BCUT2D eigenvalue weighted by molar-refractivity contribution is 0.0697. The summed E-state index contributed by atoms with van der Waals surface area (Å²) in [5, 5.41) is 9.41. The monoisotopic (exact) mass is 386 g/mol. The van der Waals surface area contributed by atoms with Crippen LogP contribution in [0.1, 0.15) is 46.1 Å². The van der Waals surface area contributed by atoms with Crippen LogP contribution in [0.3, 0.4) is 0 Å². The molecule has 0 spiro atoms. The maximum atomic E-state index is 11.5. The number of pyridine rings is 1. The third kappa shape index (κ3) is 4.54. The van der Waals surface area contributed by atoms with E-state index in [0.29, 0.717) is 11.5 Å². The number of aryl methyl sites for hydroxylation is 1. The number of carboxylic acids is 1. The van der Waals surface area contributed by atoms with Crippen molar-refractivity contribution in [3.8, 4) is 11.1 Å². The Hall–Kier alpha value is -2.98. The number of hydrogen-bond donors (Lipinski definition) is 1. The molecule has 3 aromatic rings. The van der Waals surface area contributed by atoms with Crippen LogP contribution < -0.4 is 0 Å². The molecule has 1 fully saturated rings. The van der Waals surface area contributed by atoms with Crippen LogP contribution in [0.4, 0.5) is 0 Å². The molecule has 0 atom stereocenters. The van der Waals surface area contributed by atoms with Crippen molar-refractivity contribution in [1.82, 2.24) is 9.88 Å². The van der Waals surface area contributed by atoms with Crippen LogP contribution >= 0.6 is 0 Å². The summed E-state index contributed by atoms with van der Waals surface area (Å²) in [5.41, 5.74) is 5.62. The van der Waals surface area contributed by atoms with E-state index >= 15 is 0 Å². The molecule has 0 unspecified atom stereocenters. The van der Waals surface area contributed by atoms with Crippen LogP contribution in [0, 0.1) is 6.92 Å². The first kappa shape index (κ1) is 19.3. The van der Waals surface area contributed by atoms with E-state index < -0.39 is 5.97 Å². The van der Waals surface area contributed by atoms with Crippen LogP contribution in [0.2, 0.25) is 0 Å². The highest BCUT2D eigenvalue weighted by molar-refractivity contribution is 5.95. The van der Waals surface area contributed by atoms with Crippen LogP contribution in [0.25, 0.3) is 11.1 Å². The third-order valence-corrected chi connectivity index (χ3v) is 5.74. The Morgan fingerprint density at radius 1 is 1.00 bits per heavy atom. The van der Waals surface area contributed by atoms with Gasteiger partial charge in [-0.25, -0.2) is 4.79 Å². The summed E-state index contributed by atoms with van der Waals surface area (Å²) in [4.78, 5) is 18.7. The van der Waals surface area contributed by atoms with Crippen molar-refractivity contribution in [2.45, 2.75) is 32.2 Å². The van der Waals surface area contributed by atoms with Crippen LogP contribution in [-0.4, -0.2) is 34.0 Å². The molecule has 0 radical (unpaired) electrons. The molecule has 1 aliphatic heterocycles. The van der Waals surface area contributed by atoms with E-state index in [1.807, 2.05) is 24.3 Å². The van der Waals surface area contributed by atoms with E-state index in [1.54, 1.807) is 12.1 Å². The number of aromatic carboxylic acids is 1. The van der Waals surface area contributed by atoms with Crippen molar-refractivity contribution in [3.63, 3.8) is 0 Å². The van der Waals surface area contributed by atoms with Crippen LogP contribution in [0.15, 0.2) is 66.7 Å². The predicted molar refractivity (Wildman–Crippen MR) is 115 cm³/mol. The van der Waals surface area contributed by atoms with E-state index in [1.165, 1.54) is 11.3 Å². The molecule has 0 bridgehead atoms. The Balaban J connectivity index is 1.38. The number of aromatic nitrogens is 1. The van der Waals surface area contributed by atoms with E-state index in [4.69, 9.17) is 4.98 Å². The van der Waals surface area contributed by atoms with Crippen molar-refractivity contribution >= 4 is 5.97 Å². The Morgan fingerprint density at radius 3 is 2.41 bits per heavy atom. The first-order chi connectivity index (χ1) is 14.1. The molecule has 0 saturated carbocycles. The molecule has 2 aromatic carbocycles. The number of carboxylic acid groups (broad SMARTS) is 1. The largest absolute Gasteiger partial charge is 0.478 e. The molecule has 2 heterocycles. The van der Waals surface area contributed by atoms with Crippen LogP contribution in [0.5, 0.6) is 0 Å². The Kier molecular flexibility index (Phi) is 5.72. The van der Waals surface area contributed by atoms with E-state index in [-0.39, 0.29) is 0 Å². The molecule has 0 aliphatic carbocycles. The number of likely N-dealkylation sites (tertiary alicyclic amines) is 1. The Bertz CT molecular complexity index is 990. The summed E-state index contributed by atoms with van der Waals surface area (Å²) in [6.07, 6.45) is 2.28. The fraction of sp³-hybridized carbons (Fsp3) is 0.280. The number of piperidine rings is 1. The molecule has 1 saturated heterocycles. The van der Waals surface area contributed by atoms with Crippen molar-refractivity contribution in [2.24, 2.45) is 0 Å². The second-order valence-corrected chi connectivity index (χ2v) is 7.80. The van der Waals surface area contributed by atoms with E-state index in [0.717, 1.165) is 49.3 Å². The Morgan fingerprint density at radius 2 is 1.72 bits per heavy atom. The van der Waals surface area contributed by atoms with Crippen molar-refractivity contribution in [1.29, 1.82) is 0 Å². The van der Waals surface area contributed by atoms with Crippen molar-refractivity contribution in [2.75, 3.05) is 13.1 Å². The van der Waals surface area contributed by atoms with Gasteiger partial charge in [0.15, 0.2) is 0 Å². The average molecular weight is 386 g/mol. The molecule has 148 valence electrons. The van der Waals surface area contributed by atoms with Gasteiger partial charge in [-0.15, -0.1) is 0 Å². The molecular formula is C25H26N2O2. The van der Waals surface area contributed by atoms with Crippen molar-refractivity contribution in [3.05, 3.63) is 89.2 Å². The number of benzene rings is 2. The van der Waals surface area contributed by atoms with Crippen molar-refractivity contribution < 1.29 is 9.90 Å². The quantitative estimate of drug-likeness (QED) is 0.660. The van der Waals surface area contributed by atoms with Gasteiger partial charge in [-0.3, -0.25) is 9.88 Å². The number of hydrogen-bond acceptors (Lipinski definition) is 3. The molecule has 4 rings (SSSR count). The van der Waals surface area contributed by atoms with Gasteiger partial charge in [-0.1, -0.05) is 48.5 Å². The molecule has 1 N–H and O–H groups in total. The molecule has 4 heteroatoms. The van der Waals surface area contributed by atoms with Gasteiger partial charge in [0.05, 0.1) is 5.56 Å². The molecular weight excluding hydrogens is 360 g/mol. The smallest absolute Gasteiger partial charge is 0.336 e. The molecule has 29 heavy (non-hydrogen) atoms. The molecule has 4 nitrogen and oxygen atoms in total. The normalized spacial score (nSPS) is 15.3. The zero-order valence-corrected chi connectivity index (χ0v) is 16.7. The molecule has 0 amide bonds. The second kappa shape index (κ2) is 8.58. The third-order valence-electron chi connectivity index (χ3n) is 5.74. The maximum absolute atomic E-state index is 11.5. The van der Waals surface area contributed by atoms with Crippen LogP contribution in [-0.2, 0) is 6.54 Å². The minimum absolute atomic E-state index is 0.340. The Labute approximate surface area is 171 Å². The van der Waals surface area contributed by atoms with Gasteiger partial charge in [0.25, 0.3) is 0 Å². The molecule has 1 aliphatic rings. The first-order valence-electron chi connectivity index (χ1n) is 10.2. The van der Waals surface area contributed by atoms with E-state index in [9.17, 15) is 9.90 Å². The lowest BCUT2D eigenvalue weighted by Crippen LogP contribution is -2.32. The minimum Gasteiger partial charge on any atom is -0.478 e. The SMILES string of the molecule is Cc1cccc(C2CCN(Cc3ccc(-c4ccccc4C(=O)O)cc3)CC2)n1. The summed E-state index contributed by atoms with van der Waals surface area (Å²) in [6.45, 7) is 5.12. The highest BCUT2D eigenvalue weighted by atomic mass is 16.4. The van der Waals surface area contributed by atoms with Gasteiger partial charge >= 0.3 is 5.97 Å². The first-order valence-corrected chi connectivity index (χ1v) is 10.2. The summed E-state index contributed by atoms with van der Waals surface area (Å²) in [6, 6.07) is 21.7. The van der Waals surface area contributed by atoms with Gasteiger partial charge < -0.3 is 5.11 Å². The minimum atomic E-state index is -0.893. The second-order valence-electron chi connectivity index (χ2n) is 7.80. The van der Waals surface area contributed by atoms with Gasteiger partial charge in [0.1, 0.15) is 0 Å². The zero-order valence-electron chi connectivity index (χ0n) is 16.7. The highest BCUT2D eigenvalue weighted by Gasteiger charge is 2.21. The van der Waals surface area contributed by atoms with E-state index in [2.05, 4.69) is 42.2 Å². The topological polar surface area (TPSA) is 53.4 Å². The van der Waals surface area contributed by atoms with Gasteiger partial charge in [0, 0.05) is 23.9 Å². The standard InChI is InChI=1S/C25H26N2O2/c1-18-5-4-8-24(26-18)21-13-15-27(16-14-21)17-19-9-11-20(12-10-19)22-6-2-3-7-23(22)25(28)29/h2-12,21H,13-17H2,1H3,(H,28,29). The summed E-state index contributed by atoms with van der Waals surface area (Å²) in [7, 11) is 0. The summed E-state index contributed by atoms with van der Waals surface area (Å²) < 4.78 is 0. The molecule has 1 aromatic heterocycles. The number of carbonyl (C=O) groups is 1. The average Bonchev–Trinajstić information content (AvgIpc) is 2.75. The van der Waals surface area contributed by atoms with Gasteiger partial charge in [-0.05, 0) is 67.7 Å². The van der Waals surface area contributed by atoms with Gasteiger partial charge in [0.2, 0.25) is 0 Å². The summed E-state index contributed by atoms with van der Waals surface area (Å²) in [5.74, 6) is -0.336. The highest BCUT2D eigenvalue weighted by Crippen LogP contribution is 2.28. The fourth-order valence-corrected chi connectivity index (χ4v) is 4.15. The predicted octanol–water partition coefficient (Wildman–Crippen LogP) is 5.13. The lowest BCUT2D eigenvalue weighted by Gasteiger charge is -2.31. The zero-order chi connectivity index (χ0) is 20.2. The lowest BCUT2D eigenvalue weighted by atomic mass is 9.92. The number of nitrogens with zero attached hydrogens (tertiary/aromatic N) is 2. The van der Waals surface area contributed by atoms with Gasteiger partial charge in [-0.2, -0.15) is 0 Å².